The number of hydrogen-bond acceptors (Lipinski definition) is 4. The Kier molecular flexibility index (Phi) is 8.51. The number of nitrogens with one attached hydrogen (secondary N) is 3. The van der Waals surface area contributed by atoms with Gasteiger partial charge >= 0.3 is 0 Å². The molecule has 0 saturated carbocycles. The fourth-order valence-corrected chi connectivity index (χ4v) is 4.29. The third-order valence-electron chi connectivity index (χ3n) is 3.21. The first kappa shape index (κ1) is 22.9. The van der Waals surface area contributed by atoms with Gasteiger partial charge in [0.2, 0.25) is 0 Å². The van der Waals surface area contributed by atoms with Crippen molar-refractivity contribution >= 4 is 84.2 Å². The van der Waals surface area contributed by atoms with E-state index < -0.39 is 11.8 Å². The van der Waals surface area contributed by atoms with Gasteiger partial charge in [-0.1, -0.05) is 39.1 Å². The minimum atomic E-state index is -0.526. The molecule has 148 valence electrons. The Morgan fingerprint density at radius 1 is 1.07 bits per heavy atom. The van der Waals surface area contributed by atoms with Gasteiger partial charge in [0.1, 0.15) is 5.75 Å². The van der Waals surface area contributed by atoms with Crippen LogP contribution in [0.2, 0.25) is 10.0 Å². The van der Waals surface area contributed by atoms with Crippen molar-refractivity contribution in [3.8, 4) is 5.75 Å². The highest BCUT2D eigenvalue weighted by molar-refractivity contribution is 9.11. The van der Waals surface area contributed by atoms with E-state index >= 15 is 0 Å². The zero-order chi connectivity index (χ0) is 20.8. The maximum atomic E-state index is 12.1. The molecule has 0 unspecified atom stereocenters. The molecule has 6 nitrogen and oxygen atoms in total. The van der Waals surface area contributed by atoms with Crippen molar-refractivity contribution in [1.82, 2.24) is 16.2 Å². The molecular weight excluding hydrogens is 557 g/mol. The second-order valence-corrected chi connectivity index (χ2v) is 8.49. The Morgan fingerprint density at radius 2 is 1.71 bits per heavy atom. The van der Waals surface area contributed by atoms with Crippen molar-refractivity contribution in [1.29, 1.82) is 0 Å². The van der Waals surface area contributed by atoms with E-state index in [1.165, 1.54) is 18.2 Å². The SMILES string of the molecule is Cc1cc(Br)cc(Br)c1OCC(=O)NNC(=S)NC(=O)c1cc(Cl)cc(Cl)c1. The van der Waals surface area contributed by atoms with Gasteiger partial charge in [-0.25, -0.2) is 0 Å². The quantitative estimate of drug-likeness (QED) is 0.372. The fourth-order valence-electron chi connectivity index (χ4n) is 2.06. The summed E-state index contributed by atoms with van der Waals surface area (Å²) in [4.78, 5) is 24.0. The standard InChI is InChI=1S/C17H13Br2Cl2N3O3S/c1-8-2-10(18)5-13(19)15(8)27-7-14(25)23-24-17(28)22-16(26)9-3-11(20)6-12(21)4-9/h2-6H,7H2,1H3,(H,23,25)(H2,22,24,26,28). The summed E-state index contributed by atoms with van der Waals surface area (Å²) >= 11 is 23.4. The number of halogens is 4. The number of aryl methyl sites for hydroxylation is 1. The van der Waals surface area contributed by atoms with Crippen molar-refractivity contribution < 1.29 is 14.3 Å². The van der Waals surface area contributed by atoms with Gasteiger partial charge in [-0.05, 0) is 71.0 Å². The van der Waals surface area contributed by atoms with Gasteiger partial charge in [0.15, 0.2) is 11.7 Å². The predicted octanol–water partition coefficient (Wildman–Crippen LogP) is 4.54. The molecule has 0 atom stereocenters. The van der Waals surface area contributed by atoms with E-state index in [2.05, 4.69) is 48.0 Å². The Bertz CT molecular complexity index is 901. The zero-order valence-electron chi connectivity index (χ0n) is 14.2. The van der Waals surface area contributed by atoms with Crippen LogP contribution in [0.1, 0.15) is 15.9 Å². The molecule has 2 amide bonds. The van der Waals surface area contributed by atoms with Crippen molar-refractivity contribution in [2.45, 2.75) is 6.92 Å². The summed E-state index contributed by atoms with van der Waals surface area (Å²) in [5.41, 5.74) is 5.84. The van der Waals surface area contributed by atoms with Crippen LogP contribution >= 0.6 is 67.3 Å². The van der Waals surface area contributed by atoms with E-state index in [9.17, 15) is 9.59 Å². The summed E-state index contributed by atoms with van der Waals surface area (Å²) in [6, 6.07) is 8.06. The highest BCUT2D eigenvalue weighted by atomic mass is 79.9. The van der Waals surface area contributed by atoms with Gasteiger partial charge in [0, 0.05) is 20.1 Å². The largest absolute Gasteiger partial charge is 0.482 e. The van der Waals surface area contributed by atoms with Crippen LogP contribution < -0.4 is 20.9 Å². The lowest BCUT2D eigenvalue weighted by Gasteiger charge is -2.13. The van der Waals surface area contributed by atoms with E-state index in [0.29, 0.717) is 20.3 Å². The first-order valence-corrected chi connectivity index (χ1v) is 10.4. The Labute approximate surface area is 193 Å². The number of hydrazine groups is 1. The molecule has 0 spiro atoms. The first-order valence-electron chi connectivity index (χ1n) is 7.60. The Hall–Kier alpha value is -1.39. The van der Waals surface area contributed by atoms with Crippen molar-refractivity contribution in [2.75, 3.05) is 6.61 Å². The summed E-state index contributed by atoms with van der Waals surface area (Å²) < 4.78 is 7.11. The number of rotatable bonds is 4. The van der Waals surface area contributed by atoms with Crippen LogP contribution in [0.25, 0.3) is 0 Å². The van der Waals surface area contributed by atoms with Gasteiger partial charge in [0.25, 0.3) is 11.8 Å². The number of carbonyl (C=O) groups is 2. The summed E-state index contributed by atoms with van der Waals surface area (Å²) in [6.07, 6.45) is 0. The third kappa shape index (κ3) is 6.89. The molecule has 0 heterocycles. The van der Waals surface area contributed by atoms with E-state index in [0.717, 1.165) is 10.0 Å². The highest BCUT2D eigenvalue weighted by Crippen LogP contribution is 2.32. The van der Waals surface area contributed by atoms with E-state index in [-0.39, 0.29) is 17.3 Å². The van der Waals surface area contributed by atoms with Gasteiger partial charge in [0.05, 0.1) is 4.47 Å². The molecule has 28 heavy (non-hydrogen) atoms. The maximum absolute atomic E-state index is 12.1. The van der Waals surface area contributed by atoms with Crippen molar-refractivity contribution in [2.24, 2.45) is 0 Å². The second-order valence-electron chi connectivity index (χ2n) is 5.44. The molecule has 0 radical (unpaired) electrons. The minimum Gasteiger partial charge on any atom is -0.482 e. The summed E-state index contributed by atoms with van der Waals surface area (Å²) in [7, 11) is 0. The van der Waals surface area contributed by atoms with Crippen LogP contribution in [0, 0.1) is 6.92 Å². The van der Waals surface area contributed by atoms with Crippen molar-refractivity contribution in [3.05, 3.63) is 60.4 Å². The lowest BCUT2D eigenvalue weighted by Crippen LogP contribution is -2.49. The molecule has 2 aromatic carbocycles. The van der Waals surface area contributed by atoms with Gasteiger partial charge in [-0.15, -0.1) is 0 Å². The van der Waals surface area contributed by atoms with Crippen LogP contribution in [0.5, 0.6) is 5.75 Å². The summed E-state index contributed by atoms with van der Waals surface area (Å²) in [5.74, 6) is -0.467. The van der Waals surface area contributed by atoms with Crippen LogP contribution in [0.15, 0.2) is 39.3 Å². The fraction of sp³-hybridized carbons (Fsp3) is 0.118. The average Bonchev–Trinajstić information content (AvgIpc) is 2.58. The molecule has 2 aromatic rings. The molecule has 0 aromatic heterocycles. The van der Waals surface area contributed by atoms with Crippen LogP contribution in [0.4, 0.5) is 0 Å². The minimum absolute atomic E-state index is 0.101. The Morgan fingerprint density at radius 3 is 2.32 bits per heavy atom. The Balaban J connectivity index is 1.82. The number of amides is 2. The van der Waals surface area contributed by atoms with E-state index in [1.807, 2.05) is 19.1 Å². The number of thiocarbonyl (C=S) groups is 1. The number of hydrogen-bond donors (Lipinski definition) is 3. The number of carbonyl (C=O) groups excluding carboxylic acids is 2. The van der Waals surface area contributed by atoms with Crippen LogP contribution in [0.3, 0.4) is 0 Å². The molecule has 0 fully saturated rings. The highest BCUT2D eigenvalue weighted by Gasteiger charge is 2.12. The first-order chi connectivity index (χ1) is 13.2. The molecule has 0 aliphatic rings. The molecule has 0 aliphatic heterocycles. The molecule has 0 aliphatic carbocycles. The third-order valence-corrected chi connectivity index (χ3v) is 4.90. The monoisotopic (exact) mass is 567 g/mol. The van der Waals surface area contributed by atoms with E-state index in [4.69, 9.17) is 40.2 Å². The molecule has 2 rings (SSSR count). The topological polar surface area (TPSA) is 79.5 Å². The van der Waals surface area contributed by atoms with Crippen LogP contribution in [-0.4, -0.2) is 23.5 Å². The summed E-state index contributed by atoms with van der Waals surface area (Å²) in [5, 5.41) is 2.93. The predicted molar refractivity (Wildman–Crippen MR) is 120 cm³/mol. The lowest BCUT2D eigenvalue weighted by atomic mass is 10.2. The number of ether oxygens (including phenoxy) is 1. The lowest BCUT2D eigenvalue weighted by molar-refractivity contribution is -0.123. The molecule has 0 saturated heterocycles. The van der Waals surface area contributed by atoms with Gasteiger partial charge < -0.3 is 4.74 Å². The van der Waals surface area contributed by atoms with Crippen molar-refractivity contribution in [3.63, 3.8) is 0 Å². The van der Waals surface area contributed by atoms with Gasteiger partial charge in [-0.3, -0.25) is 25.8 Å². The zero-order valence-corrected chi connectivity index (χ0v) is 19.7. The average molecular weight is 570 g/mol. The molecule has 11 heteroatoms. The van der Waals surface area contributed by atoms with Gasteiger partial charge in [-0.2, -0.15) is 0 Å². The normalized spacial score (nSPS) is 10.2. The molecule has 3 N–H and O–H groups in total. The van der Waals surface area contributed by atoms with Crippen LogP contribution in [-0.2, 0) is 4.79 Å². The smallest absolute Gasteiger partial charge is 0.276 e. The number of benzene rings is 2. The molecular formula is C17H13Br2Cl2N3O3S. The second kappa shape index (κ2) is 10.4. The maximum Gasteiger partial charge on any atom is 0.276 e. The summed E-state index contributed by atoms with van der Waals surface area (Å²) in [6.45, 7) is 1.60. The molecule has 0 bridgehead atoms. The van der Waals surface area contributed by atoms with E-state index in [1.54, 1.807) is 0 Å².